The van der Waals surface area contributed by atoms with Gasteiger partial charge in [-0.15, -0.1) is 11.8 Å². The van der Waals surface area contributed by atoms with Gasteiger partial charge in [-0.3, -0.25) is 24.4 Å². The predicted molar refractivity (Wildman–Crippen MR) is 127 cm³/mol. The lowest BCUT2D eigenvalue weighted by Crippen LogP contribution is -2.68. The number of nitrogens with two attached hydrogens (primary N) is 1. The lowest BCUT2D eigenvalue weighted by Gasteiger charge is -2.47. The molecule has 17 heteroatoms. The Morgan fingerprint density at radius 1 is 1.26 bits per heavy atom. The summed E-state index contributed by atoms with van der Waals surface area (Å²) in [5.41, 5.74) is 6.46. The minimum Gasteiger partial charge on any atom is -0.477 e. The van der Waals surface area contributed by atoms with Crippen LogP contribution in [0.15, 0.2) is 40.4 Å². The van der Waals surface area contributed by atoms with E-state index >= 15 is 0 Å². The van der Waals surface area contributed by atoms with Crippen LogP contribution in [0.4, 0.5) is 4.79 Å². The van der Waals surface area contributed by atoms with Crippen molar-refractivity contribution in [2.24, 2.45) is 5.73 Å². The van der Waals surface area contributed by atoms with Gasteiger partial charge in [0.1, 0.15) is 23.7 Å². The average molecular weight is 591 g/mol. The van der Waals surface area contributed by atoms with E-state index in [9.17, 15) is 32.7 Å². The van der Waals surface area contributed by atoms with Crippen molar-refractivity contribution in [2.75, 3.05) is 12.4 Å². The van der Waals surface area contributed by atoms with Crippen LogP contribution in [0.3, 0.4) is 0 Å². The summed E-state index contributed by atoms with van der Waals surface area (Å²) >= 11 is 17.1. The molecule has 0 saturated carbocycles. The number of β-lactam (4-membered cyclic amide) rings is 1. The lowest BCUT2D eigenvalue weighted by molar-refractivity contribution is -0.148. The van der Waals surface area contributed by atoms with Crippen LogP contribution in [0.1, 0.15) is 5.56 Å². The number of aryl methyl sites for hydroxylation is 1. The SMILES string of the molecule is Cc1ccc(S(=O)(=O)O)cc1.N[C@@H]1C(=O)N2C(C(=O)O)=C(COC(=O)NC(=O)C(Cl)(Cl)Cl)CS[C@H]12. The second kappa shape index (κ2) is 11.3. The molecule has 0 bridgehead atoms. The Labute approximate surface area is 218 Å². The highest BCUT2D eigenvalue weighted by atomic mass is 35.6. The number of nitrogens with one attached hydrogen (secondary N) is 1. The number of fused-ring (bicyclic) bond motifs is 1. The van der Waals surface area contributed by atoms with E-state index < -0.39 is 55.8 Å². The summed E-state index contributed by atoms with van der Waals surface area (Å²) < 4.78 is 31.9. The number of alkyl halides is 3. The number of nitrogens with zero attached hydrogens (tertiary/aromatic N) is 1. The molecule has 1 aromatic carbocycles. The summed E-state index contributed by atoms with van der Waals surface area (Å²) in [5, 5.41) is 10.5. The van der Waals surface area contributed by atoms with Crippen LogP contribution in [0, 0.1) is 6.92 Å². The molecule has 1 fully saturated rings. The Bertz CT molecular complexity index is 1170. The van der Waals surface area contributed by atoms with Crippen molar-refractivity contribution in [1.82, 2.24) is 10.2 Å². The topological polar surface area (TPSA) is 193 Å². The number of benzene rings is 1. The number of halogens is 3. The highest BCUT2D eigenvalue weighted by Crippen LogP contribution is 2.39. The first kappa shape index (κ1) is 29.2. The van der Waals surface area contributed by atoms with Crippen molar-refractivity contribution < 1.29 is 42.0 Å². The van der Waals surface area contributed by atoms with Crippen LogP contribution in [0.2, 0.25) is 0 Å². The van der Waals surface area contributed by atoms with Crippen LogP contribution in [0.5, 0.6) is 0 Å². The highest BCUT2D eigenvalue weighted by molar-refractivity contribution is 8.00. The van der Waals surface area contributed by atoms with Gasteiger partial charge in [-0.1, -0.05) is 52.5 Å². The standard InChI is InChI=1S/C11H10Cl3N3O6S.C7H8O3S/c12-11(13,14)9(21)16-10(22)23-1-3-2-24-7-4(15)6(18)17(7)5(3)8(19)20;1-6-2-4-7(5-3-6)11(8,9)10/h4,7H,1-2,15H2,(H,19,20)(H,16,21,22);2-5H,1H3,(H,8,9,10)/t4-,7-;/m1./s1. The summed E-state index contributed by atoms with van der Waals surface area (Å²) in [5.74, 6) is -2.91. The fraction of sp³-hybridized carbons (Fsp3) is 0.333. The van der Waals surface area contributed by atoms with E-state index in [1.807, 2.05) is 6.92 Å². The molecule has 192 valence electrons. The van der Waals surface area contributed by atoms with Crippen molar-refractivity contribution >= 4 is 80.6 Å². The van der Waals surface area contributed by atoms with Gasteiger partial charge in [0.25, 0.3) is 19.8 Å². The van der Waals surface area contributed by atoms with E-state index in [1.165, 1.54) is 23.9 Å². The Morgan fingerprint density at radius 2 is 1.83 bits per heavy atom. The number of ether oxygens (including phenoxy) is 1. The van der Waals surface area contributed by atoms with Crippen molar-refractivity contribution in [3.05, 3.63) is 41.1 Å². The van der Waals surface area contributed by atoms with Gasteiger partial charge in [0.15, 0.2) is 0 Å². The smallest absolute Gasteiger partial charge is 0.414 e. The maximum atomic E-state index is 11.7. The molecule has 5 N–H and O–H groups in total. The molecule has 0 aromatic heterocycles. The number of aliphatic carboxylic acids is 1. The minimum atomic E-state index is -4.02. The second-order valence-corrected chi connectivity index (χ2v) is 11.8. The predicted octanol–water partition coefficient (Wildman–Crippen LogP) is 1.43. The molecule has 0 radical (unpaired) electrons. The zero-order valence-corrected chi connectivity index (χ0v) is 21.5. The number of imide groups is 1. The number of amides is 3. The number of carboxylic acids is 1. The number of hydrogen-bond acceptors (Lipinski definition) is 9. The third-order valence-electron chi connectivity index (χ3n) is 4.46. The Hall–Kier alpha value is -2.07. The van der Waals surface area contributed by atoms with Crippen LogP contribution in [-0.2, 0) is 29.2 Å². The minimum absolute atomic E-state index is 0.0666. The Morgan fingerprint density at radius 3 is 2.31 bits per heavy atom. The van der Waals surface area contributed by atoms with Crippen LogP contribution in [-0.4, -0.2) is 74.4 Å². The normalized spacial score (nSPS) is 19.6. The fourth-order valence-corrected chi connectivity index (χ4v) is 4.65. The molecular formula is C18H18Cl3N3O9S2. The van der Waals surface area contributed by atoms with Gasteiger partial charge < -0.3 is 15.6 Å². The third kappa shape index (κ3) is 7.46. The maximum absolute atomic E-state index is 11.7. The van der Waals surface area contributed by atoms with Crippen molar-refractivity contribution in [2.45, 2.75) is 27.0 Å². The molecule has 12 nitrogen and oxygen atoms in total. The lowest BCUT2D eigenvalue weighted by atomic mass is 10.0. The number of hydrogen-bond donors (Lipinski definition) is 4. The molecule has 0 aliphatic carbocycles. The van der Waals surface area contributed by atoms with Crippen LogP contribution >= 0.6 is 46.6 Å². The van der Waals surface area contributed by atoms with Crippen molar-refractivity contribution in [3.63, 3.8) is 0 Å². The number of carbonyl (C=O) groups is 4. The summed E-state index contributed by atoms with van der Waals surface area (Å²) in [6.45, 7) is 1.38. The van der Waals surface area contributed by atoms with E-state index in [0.29, 0.717) is 0 Å². The second-order valence-electron chi connectivity index (χ2n) is 7.01. The first-order valence-electron chi connectivity index (χ1n) is 9.28. The van der Waals surface area contributed by atoms with Gasteiger partial charge >= 0.3 is 12.1 Å². The first-order chi connectivity index (χ1) is 16.0. The van der Waals surface area contributed by atoms with Gasteiger partial charge in [0.05, 0.1) is 4.90 Å². The molecule has 3 rings (SSSR count). The summed E-state index contributed by atoms with van der Waals surface area (Å²) in [7, 11) is -4.02. The molecule has 35 heavy (non-hydrogen) atoms. The summed E-state index contributed by atoms with van der Waals surface area (Å²) in [4.78, 5) is 46.9. The maximum Gasteiger partial charge on any atom is 0.414 e. The molecular weight excluding hydrogens is 573 g/mol. The Kier molecular flexibility index (Phi) is 9.44. The van der Waals surface area contributed by atoms with Gasteiger partial charge in [0.2, 0.25) is 5.91 Å². The molecule has 1 saturated heterocycles. The van der Waals surface area contributed by atoms with Crippen molar-refractivity contribution in [1.29, 1.82) is 0 Å². The van der Waals surface area contributed by atoms with Crippen LogP contribution in [0.25, 0.3) is 0 Å². The van der Waals surface area contributed by atoms with Gasteiger partial charge in [0, 0.05) is 11.3 Å². The molecule has 2 heterocycles. The highest BCUT2D eigenvalue weighted by Gasteiger charge is 2.51. The van der Waals surface area contributed by atoms with E-state index in [1.54, 1.807) is 17.4 Å². The van der Waals surface area contributed by atoms with Gasteiger partial charge in [-0.05, 0) is 19.1 Å². The van der Waals surface area contributed by atoms with Gasteiger partial charge in [-0.25, -0.2) is 9.59 Å². The number of rotatable bonds is 4. The molecule has 1 aromatic rings. The molecule has 2 aliphatic rings. The van der Waals surface area contributed by atoms with Crippen LogP contribution < -0.4 is 11.1 Å². The van der Waals surface area contributed by atoms with E-state index in [2.05, 4.69) is 0 Å². The zero-order chi connectivity index (χ0) is 26.7. The van der Waals surface area contributed by atoms with E-state index in [4.69, 9.17) is 49.8 Å². The quantitative estimate of drug-likeness (QED) is 0.225. The van der Waals surface area contributed by atoms with Crippen molar-refractivity contribution in [3.8, 4) is 0 Å². The number of carboxylic acid groups (broad SMARTS) is 1. The molecule has 3 amide bonds. The monoisotopic (exact) mass is 589 g/mol. The fourth-order valence-electron chi connectivity index (χ4n) is 2.75. The molecule has 2 aliphatic heterocycles. The average Bonchev–Trinajstić information content (AvgIpc) is 2.75. The van der Waals surface area contributed by atoms with Gasteiger partial charge in [-0.2, -0.15) is 8.42 Å². The van der Waals surface area contributed by atoms with E-state index in [0.717, 1.165) is 10.5 Å². The number of alkyl carbamates (subject to hydrolysis) is 1. The summed E-state index contributed by atoms with van der Waals surface area (Å²) in [6, 6.07) is 5.22. The molecule has 0 spiro atoms. The molecule has 2 atom stereocenters. The Balaban J connectivity index is 0.000000328. The first-order valence-corrected chi connectivity index (χ1v) is 12.9. The number of thioether (sulfide) groups is 1. The largest absolute Gasteiger partial charge is 0.477 e. The third-order valence-corrected chi connectivity index (χ3v) is 7.20. The van der Waals surface area contributed by atoms with E-state index in [-0.39, 0.29) is 21.9 Å². The zero-order valence-electron chi connectivity index (χ0n) is 17.6. The summed E-state index contributed by atoms with van der Waals surface area (Å²) in [6.07, 6.45) is -1.22. The number of carbonyl (C=O) groups excluding carboxylic acids is 3. The molecule has 0 unspecified atom stereocenters.